The van der Waals surface area contributed by atoms with Crippen molar-refractivity contribution in [2.24, 2.45) is 0 Å². The van der Waals surface area contributed by atoms with E-state index < -0.39 is 0 Å². The first kappa shape index (κ1) is 21.6. The quantitative estimate of drug-likeness (QED) is 0.432. The van der Waals surface area contributed by atoms with Crippen LogP contribution in [0.1, 0.15) is 43.5 Å². The van der Waals surface area contributed by atoms with Crippen LogP contribution >= 0.6 is 0 Å². The van der Waals surface area contributed by atoms with Crippen molar-refractivity contribution in [1.82, 2.24) is 30.1 Å². The number of hydrogen-bond donors (Lipinski definition) is 2. The van der Waals surface area contributed by atoms with E-state index >= 15 is 0 Å². The molecule has 178 valence electrons. The lowest BCUT2D eigenvalue weighted by Gasteiger charge is -2.39. The molecule has 2 fully saturated rings. The van der Waals surface area contributed by atoms with Crippen molar-refractivity contribution in [2.75, 3.05) is 23.8 Å². The standard InChI is InChI=1S/C25H26N8O2/c26-24-29-11-17(12-30-24)16-4-6-18(7-5-16)25(8-2-9-25)23-31-22(35-32-23)20-13-28-21(14-27-20)33-10-1-3-19(33)15-34/h4-7,11-14,19,34H,1-3,8-10,15H2,(H2,26,29,30). The molecular formula is C25H26N8O2. The van der Waals surface area contributed by atoms with Crippen molar-refractivity contribution in [3.8, 4) is 22.7 Å². The molecule has 1 unspecified atom stereocenters. The van der Waals surface area contributed by atoms with Crippen LogP contribution in [0.2, 0.25) is 0 Å². The zero-order chi connectivity index (χ0) is 23.8. The summed E-state index contributed by atoms with van der Waals surface area (Å²) in [6, 6.07) is 8.45. The number of rotatable bonds is 6. The van der Waals surface area contributed by atoms with Crippen LogP contribution in [0.4, 0.5) is 11.8 Å². The summed E-state index contributed by atoms with van der Waals surface area (Å²) in [6.45, 7) is 0.990. The first-order valence-corrected chi connectivity index (χ1v) is 11.9. The Morgan fingerprint density at radius 1 is 0.971 bits per heavy atom. The smallest absolute Gasteiger partial charge is 0.278 e. The summed E-state index contributed by atoms with van der Waals surface area (Å²) < 4.78 is 5.62. The van der Waals surface area contributed by atoms with Gasteiger partial charge < -0.3 is 20.3 Å². The maximum atomic E-state index is 9.58. The molecule has 1 aliphatic carbocycles. The van der Waals surface area contributed by atoms with Gasteiger partial charge in [0.2, 0.25) is 5.95 Å². The highest BCUT2D eigenvalue weighted by Gasteiger charge is 2.44. The number of hydrogen-bond acceptors (Lipinski definition) is 10. The van der Waals surface area contributed by atoms with Crippen LogP contribution in [-0.2, 0) is 5.41 Å². The van der Waals surface area contributed by atoms with Crippen molar-refractivity contribution in [1.29, 1.82) is 0 Å². The number of nitrogen functional groups attached to an aromatic ring is 1. The second kappa shape index (κ2) is 8.70. The molecular weight excluding hydrogens is 444 g/mol. The SMILES string of the molecule is Nc1ncc(-c2ccc(C3(c4noc(-c5cnc(N6CCCC6CO)cn5)n4)CCC3)cc2)cn1. The van der Waals surface area contributed by atoms with E-state index in [1.165, 1.54) is 0 Å². The fourth-order valence-corrected chi connectivity index (χ4v) is 5.07. The Hall–Kier alpha value is -3.92. The lowest BCUT2D eigenvalue weighted by Crippen LogP contribution is -2.36. The van der Waals surface area contributed by atoms with E-state index in [4.69, 9.17) is 15.2 Å². The zero-order valence-electron chi connectivity index (χ0n) is 19.2. The molecule has 4 heterocycles. The molecule has 10 nitrogen and oxygen atoms in total. The number of anilines is 2. The van der Waals surface area contributed by atoms with Crippen LogP contribution in [0.3, 0.4) is 0 Å². The van der Waals surface area contributed by atoms with Crippen LogP contribution in [-0.4, -0.2) is 54.4 Å². The Morgan fingerprint density at radius 3 is 2.43 bits per heavy atom. The zero-order valence-corrected chi connectivity index (χ0v) is 19.2. The largest absolute Gasteiger partial charge is 0.394 e. The molecule has 1 saturated carbocycles. The fraction of sp³-hybridized carbons (Fsp3) is 0.360. The Morgan fingerprint density at radius 2 is 1.77 bits per heavy atom. The third kappa shape index (κ3) is 3.79. The van der Waals surface area contributed by atoms with Crippen molar-refractivity contribution in [3.63, 3.8) is 0 Å². The summed E-state index contributed by atoms with van der Waals surface area (Å²) in [5, 5.41) is 13.9. The van der Waals surface area contributed by atoms with Crippen molar-refractivity contribution in [3.05, 3.63) is 60.4 Å². The molecule has 1 saturated heterocycles. The minimum absolute atomic E-state index is 0.0996. The van der Waals surface area contributed by atoms with Crippen LogP contribution in [0.5, 0.6) is 0 Å². The number of aliphatic hydroxyl groups excluding tert-OH is 1. The van der Waals surface area contributed by atoms with Gasteiger partial charge in [0.25, 0.3) is 5.89 Å². The van der Waals surface area contributed by atoms with Gasteiger partial charge in [-0.1, -0.05) is 35.8 Å². The lowest BCUT2D eigenvalue weighted by molar-refractivity contribution is 0.266. The Bertz CT molecular complexity index is 1300. The molecule has 4 aromatic rings. The van der Waals surface area contributed by atoms with Gasteiger partial charge in [-0.3, -0.25) is 0 Å². The topological polar surface area (TPSA) is 140 Å². The maximum Gasteiger partial charge on any atom is 0.278 e. The highest BCUT2D eigenvalue weighted by molar-refractivity contribution is 5.63. The summed E-state index contributed by atoms with van der Waals surface area (Å²) >= 11 is 0. The van der Waals surface area contributed by atoms with Gasteiger partial charge >= 0.3 is 0 Å². The first-order valence-electron chi connectivity index (χ1n) is 11.9. The molecule has 35 heavy (non-hydrogen) atoms. The summed E-state index contributed by atoms with van der Waals surface area (Å²) in [5.74, 6) is 2.05. The molecule has 3 aromatic heterocycles. The predicted molar refractivity (Wildman–Crippen MR) is 129 cm³/mol. The third-order valence-electron chi connectivity index (χ3n) is 7.24. The van der Waals surface area contributed by atoms with Crippen molar-refractivity contribution >= 4 is 11.8 Å². The Balaban J connectivity index is 1.24. The first-order chi connectivity index (χ1) is 17.2. The molecule has 1 atom stereocenters. The van der Waals surface area contributed by atoms with Gasteiger partial charge in [-0.2, -0.15) is 4.98 Å². The molecule has 0 amide bonds. The molecule has 1 aromatic carbocycles. The van der Waals surface area contributed by atoms with Gasteiger partial charge in [0.05, 0.1) is 30.5 Å². The molecule has 1 aliphatic heterocycles. The van der Waals surface area contributed by atoms with E-state index in [9.17, 15) is 5.11 Å². The molecule has 0 spiro atoms. The summed E-state index contributed by atoms with van der Waals surface area (Å²) in [6.07, 6.45) is 11.8. The molecule has 6 rings (SSSR count). The fourth-order valence-electron chi connectivity index (χ4n) is 5.07. The van der Waals surface area contributed by atoms with Gasteiger partial charge in [-0.15, -0.1) is 0 Å². The van der Waals surface area contributed by atoms with E-state index in [0.29, 0.717) is 17.4 Å². The summed E-state index contributed by atoms with van der Waals surface area (Å²) in [4.78, 5) is 24.1. The van der Waals surface area contributed by atoms with E-state index in [0.717, 1.165) is 61.2 Å². The van der Waals surface area contributed by atoms with Crippen LogP contribution in [0, 0.1) is 0 Å². The Kier molecular flexibility index (Phi) is 5.37. The maximum absolute atomic E-state index is 9.58. The van der Waals surface area contributed by atoms with Gasteiger partial charge in [-0.25, -0.2) is 19.9 Å². The second-order valence-electron chi connectivity index (χ2n) is 9.20. The Labute approximate surface area is 202 Å². The highest BCUT2D eigenvalue weighted by Crippen LogP contribution is 2.48. The van der Waals surface area contributed by atoms with Crippen LogP contribution < -0.4 is 10.6 Å². The van der Waals surface area contributed by atoms with E-state index in [-0.39, 0.29) is 24.0 Å². The predicted octanol–water partition coefficient (Wildman–Crippen LogP) is 3.00. The average Bonchev–Trinajstić information content (AvgIpc) is 3.55. The third-order valence-corrected chi connectivity index (χ3v) is 7.24. The molecule has 3 N–H and O–H groups in total. The average molecular weight is 471 g/mol. The van der Waals surface area contributed by atoms with Crippen LogP contribution in [0.15, 0.2) is 53.6 Å². The van der Waals surface area contributed by atoms with E-state index in [1.807, 2.05) is 0 Å². The van der Waals surface area contributed by atoms with Gasteiger partial charge in [-0.05, 0) is 36.8 Å². The van der Waals surface area contributed by atoms with Crippen molar-refractivity contribution in [2.45, 2.75) is 43.6 Å². The number of aliphatic hydroxyl groups is 1. The number of nitrogens with zero attached hydrogens (tertiary/aromatic N) is 7. The van der Waals surface area contributed by atoms with Crippen molar-refractivity contribution < 1.29 is 9.63 Å². The van der Waals surface area contributed by atoms with E-state index in [2.05, 4.69) is 54.3 Å². The monoisotopic (exact) mass is 470 g/mol. The normalized spacial score (nSPS) is 19.0. The second-order valence-corrected chi connectivity index (χ2v) is 9.20. The van der Waals surface area contributed by atoms with Gasteiger partial charge in [0.15, 0.2) is 5.82 Å². The summed E-state index contributed by atoms with van der Waals surface area (Å²) in [7, 11) is 0. The number of nitrogens with two attached hydrogens (primary N) is 1. The highest BCUT2D eigenvalue weighted by atomic mass is 16.5. The summed E-state index contributed by atoms with van der Waals surface area (Å²) in [5.41, 5.74) is 8.97. The molecule has 0 bridgehead atoms. The lowest BCUT2D eigenvalue weighted by atomic mass is 9.64. The minimum atomic E-state index is -0.269. The van der Waals surface area contributed by atoms with E-state index in [1.54, 1.807) is 24.8 Å². The molecule has 2 aliphatic rings. The van der Waals surface area contributed by atoms with Gasteiger partial charge in [0.1, 0.15) is 11.5 Å². The number of benzene rings is 1. The molecule has 10 heteroatoms. The number of aromatic nitrogens is 6. The molecule has 0 radical (unpaired) electrons. The van der Waals surface area contributed by atoms with Gasteiger partial charge in [0, 0.05) is 24.5 Å². The van der Waals surface area contributed by atoms with Crippen LogP contribution in [0.25, 0.3) is 22.7 Å². The minimum Gasteiger partial charge on any atom is -0.394 e.